The molecule has 0 bridgehead atoms. The zero-order valence-electron chi connectivity index (χ0n) is 13.7. The van der Waals surface area contributed by atoms with Crippen LogP contribution in [0.3, 0.4) is 0 Å². The molecule has 0 radical (unpaired) electrons. The molecule has 118 valence electrons. The molecule has 4 heteroatoms. The second-order valence-electron chi connectivity index (χ2n) is 5.82. The standard InChI is InChI=1S/C17H28N2O2/c1-5-9-18-15(11-19(4)13(3)6-2)14-7-8-16-17(10-14)21-12-20-16/h7-8,10,13,15,18H,5-6,9,11-12H2,1-4H3. The lowest BCUT2D eigenvalue weighted by Crippen LogP contribution is -2.37. The molecule has 0 amide bonds. The van der Waals surface area contributed by atoms with Crippen LogP contribution in [0.4, 0.5) is 0 Å². The first-order chi connectivity index (χ1) is 10.2. The second-order valence-corrected chi connectivity index (χ2v) is 5.82. The molecule has 2 rings (SSSR count). The number of likely N-dealkylation sites (N-methyl/N-ethyl adjacent to an activating group) is 1. The Kier molecular flexibility index (Phi) is 5.88. The van der Waals surface area contributed by atoms with Crippen molar-refractivity contribution in [3.63, 3.8) is 0 Å². The molecule has 1 N–H and O–H groups in total. The van der Waals surface area contributed by atoms with Crippen LogP contribution in [0.2, 0.25) is 0 Å². The lowest BCUT2D eigenvalue weighted by molar-refractivity contribution is 0.174. The van der Waals surface area contributed by atoms with Crippen molar-refractivity contribution in [1.82, 2.24) is 10.2 Å². The molecular formula is C17H28N2O2. The SMILES string of the molecule is CCCNC(CN(C)C(C)CC)c1ccc2c(c1)OCO2. The van der Waals surface area contributed by atoms with E-state index in [4.69, 9.17) is 9.47 Å². The summed E-state index contributed by atoms with van der Waals surface area (Å²) in [6.07, 6.45) is 2.30. The van der Waals surface area contributed by atoms with Crippen LogP contribution in [0.25, 0.3) is 0 Å². The third-order valence-electron chi connectivity index (χ3n) is 4.25. The third-order valence-corrected chi connectivity index (χ3v) is 4.25. The van der Waals surface area contributed by atoms with Crippen molar-refractivity contribution in [2.45, 2.75) is 45.7 Å². The molecule has 0 spiro atoms. The summed E-state index contributed by atoms with van der Waals surface area (Å²) in [4.78, 5) is 2.41. The van der Waals surface area contributed by atoms with E-state index in [2.05, 4.69) is 50.2 Å². The maximum Gasteiger partial charge on any atom is 0.231 e. The van der Waals surface area contributed by atoms with E-state index < -0.39 is 0 Å². The van der Waals surface area contributed by atoms with Crippen LogP contribution >= 0.6 is 0 Å². The topological polar surface area (TPSA) is 33.7 Å². The number of nitrogens with zero attached hydrogens (tertiary/aromatic N) is 1. The van der Waals surface area contributed by atoms with Gasteiger partial charge >= 0.3 is 0 Å². The van der Waals surface area contributed by atoms with Crippen LogP contribution in [0, 0.1) is 0 Å². The predicted molar refractivity (Wildman–Crippen MR) is 86.0 cm³/mol. The smallest absolute Gasteiger partial charge is 0.231 e. The highest BCUT2D eigenvalue weighted by Crippen LogP contribution is 2.34. The van der Waals surface area contributed by atoms with Crippen molar-refractivity contribution in [2.75, 3.05) is 26.9 Å². The van der Waals surface area contributed by atoms with Gasteiger partial charge in [0.05, 0.1) is 0 Å². The molecule has 1 heterocycles. The fourth-order valence-corrected chi connectivity index (χ4v) is 2.52. The summed E-state index contributed by atoms with van der Waals surface area (Å²) in [6, 6.07) is 7.18. The Balaban J connectivity index is 2.11. The number of ether oxygens (including phenoxy) is 2. The molecule has 0 saturated heterocycles. The monoisotopic (exact) mass is 292 g/mol. The van der Waals surface area contributed by atoms with Crippen LogP contribution < -0.4 is 14.8 Å². The molecule has 4 nitrogen and oxygen atoms in total. The summed E-state index contributed by atoms with van der Waals surface area (Å²) >= 11 is 0. The van der Waals surface area contributed by atoms with E-state index in [0.717, 1.165) is 37.4 Å². The van der Waals surface area contributed by atoms with Crippen LogP contribution in [-0.4, -0.2) is 37.9 Å². The van der Waals surface area contributed by atoms with Crippen LogP contribution in [0.5, 0.6) is 11.5 Å². The normalized spacial score (nSPS) is 16.2. The second kappa shape index (κ2) is 7.66. The first kappa shape index (κ1) is 16.1. The van der Waals surface area contributed by atoms with Crippen molar-refractivity contribution < 1.29 is 9.47 Å². The number of nitrogens with one attached hydrogen (secondary N) is 1. The largest absolute Gasteiger partial charge is 0.454 e. The summed E-state index contributed by atoms with van der Waals surface area (Å²) in [6.45, 7) is 9.05. The summed E-state index contributed by atoms with van der Waals surface area (Å²) < 4.78 is 10.9. The summed E-state index contributed by atoms with van der Waals surface area (Å²) in [5, 5.41) is 3.65. The molecule has 2 atom stereocenters. The highest BCUT2D eigenvalue weighted by molar-refractivity contribution is 5.45. The highest BCUT2D eigenvalue weighted by atomic mass is 16.7. The maximum absolute atomic E-state index is 5.50. The quantitative estimate of drug-likeness (QED) is 0.798. The lowest BCUT2D eigenvalue weighted by atomic mass is 10.0. The average molecular weight is 292 g/mol. The molecule has 1 aromatic rings. The first-order valence-electron chi connectivity index (χ1n) is 7.98. The van der Waals surface area contributed by atoms with E-state index in [1.807, 2.05) is 6.07 Å². The number of hydrogen-bond donors (Lipinski definition) is 1. The van der Waals surface area contributed by atoms with Gasteiger partial charge in [-0.3, -0.25) is 0 Å². The Bertz CT molecular complexity index is 450. The molecule has 0 aliphatic carbocycles. The molecule has 0 fully saturated rings. The van der Waals surface area contributed by atoms with Gasteiger partial charge in [-0.2, -0.15) is 0 Å². The molecule has 1 aliphatic rings. The van der Waals surface area contributed by atoms with E-state index in [-0.39, 0.29) is 0 Å². The first-order valence-corrected chi connectivity index (χ1v) is 7.98. The number of benzene rings is 1. The van der Waals surface area contributed by atoms with Gasteiger partial charge in [-0.25, -0.2) is 0 Å². The van der Waals surface area contributed by atoms with Crippen molar-refractivity contribution in [1.29, 1.82) is 0 Å². The van der Waals surface area contributed by atoms with E-state index in [1.165, 1.54) is 5.56 Å². The maximum atomic E-state index is 5.50. The minimum Gasteiger partial charge on any atom is -0.454 e. The highest BCUT2D eigenvalue weighted by Gasteiger charge is 2.20. The number of hydrogen-bond acceptors (Lipinski definition) is 4. The van der Waals surface area contributed by atoms with E-state index in [1.54, 1.807) is 0 Å². The van der Waals surface area contributed by atoms with E-state index >= 15 is 0 Å². The molecule has 2 unspecified atom stereocenters. The fourth-order valence-electron chi connectivity index (χ4n) is 2.52. The van der Waals surface area contributed by atoms with E-state index in [9.17, 15) is 0 Å². The van der Waals surface area contributed by atoms with Gasteiger partial charge in [-0.05, 0) is 51.1 Å². The summed E-state index contributed by atoms with van der Waals surface area (Å²) in [7, 11) is 2.20. The van der Waals surface area contributed by atoms with Gasteiger partial charge in [0.15, 0.2) is 11.5 Å². The number of fused-ring (bicyclic) bond motifs is 1. The Labute approximate surface area is 128 Å². The summed E-state index contributed by atoms with van der Waals surface area (Å²) in [5.74, 6) is 1.71. The van der Waals surface area contributed by atoms with Crippen molar-refractivity contribution in [2.24, 2.45) is 0 Å². The lowest BCUT2D eigenvalue weighted by Gasteiger charge is -2.29. The van der Waals surface area contributed by atoms with Crippen LogP contribution in [0.15, 0.2) is 18.2 Å². The molecule has 0 aromatic heterocycles. The number of rotatable bonds is 8. The molecular weight excluding hydrogens is 264 g/mol. The fraction of sp³-hybridized carbons (Fsp3) is 0.647. The van der Waals surface area contributed by atoms with Crippen molar-refractivity contribution in [3.05, 3.63) is 23.8 Å². The van der Waals surface area contributed by atoms with E-state index in [0.29, 0.717) is 18.9 Å². The van der Waals surface area contributed by atoms with Gasteiger partial charge in [0.25, 0.3) is 0 Å². The van der Waals surface area contributed by atoms with Crippen LogP contribution in [-0.2, 0) is 0 Å². The molecule has 1 aromatic carbocycles. The van der Waals surface area contributed by atoms with Crippen molar-refractivity contribution >= 4 is 0 Å². The zero-order chi connectivity index (χ0) is 15.2. The minimum atomic E-state index is 0.318. The zero-order valence-corrected chi connectivity index (χ0v) is 13.7. The van der Waals surface area contributed by atoms with Gasteiger partial charge in [-0.15, -0.1) is 0 Å². The minimum absolute atomic E-state index is 0.318. The molecule has 21 heavy (non-hydrogen) atoms. The molecule has 0 saturated carbocycles. The third kappa shape index (κ3) is 4.11. The van der Waals surface area contributed by atoms with Gasteiger partial charge in [0.2, 0.25) is 6.79 Å². The Morgan fingerprint density at radius 3 is 2.71 bits per heavy atom. The molecule has 1 aliphatic heterocycles. The Morgan fingerprint density at radius 2 is 2.00 bits per heavy atom. The van der Waals surface area contributed by atoms with Crippen molar-refractivity contribution in [3.8, 4) is 11.5 Å². The van der Waals surface area contributed by atoms with Gasteiger partial charge in [-0.1, -0.05) is 19.9 Å². The summed E-state index contributed by atoms with van der Waals surface area (Å²) in [5.41, 5.74) is 1.27. The van der Waals surface area contributed by atoms with Gasteiger partial charge in [0, 0.05) is 18.6 Å². The predicted octanol–water partition coefficient (Wildman–Crippen LogP) is 3.19. The van der Waals surface area contributed by atoms with Crippen LogP contribution in [0.1, 0.15) is 45.2 Å². The Morgan fingerprint density at radius 1 is 1.24 bits per heavy atom. The van der Waals surface area contributed by atoms with Gasteiger partial charge in [0.1, 0.15) is 0 Å². The Hall–Kier alpha value is -1.26. The van der Waals surface area contributed by atoms with Gasteiger partial charge < -0.3 is 19.7 Å². The average Bonchev–Trinajstić information content (AvgIpc) is 2.97.